The number of nitrogens with one attached hydrogen (secondary N) is 1. The van der Waals surface area contributed by atoms with Gasteiger partial charge in [-0.25, -0.2) is 4.52 Å². The largest absolute Gasteiger partial charge is 0.508 e. The third-order valence-corrected chi connectivity index (χ3v) is 5.49. The molecule has 158 valence electrons. The fraction of sp³-hybridized carbons (Fsp3) is 0.250. The lowest BCUT2D eigenvalue weighted by atomic mass is 10.1. The van der Waals surface area contributed by atoms with Crippen molar-refractivity contribution in [3.05, 3.63) is 66.7 Å². The Balaban J connectivity index is 1.27. The summed E-state index contributed by atoms with van der Waals surface area (Å²) in [6.45, 7) is 4.06. The number of aromatic nitrogens is 3. The highest BCUT2D eigenvalue weighted by atomic mass is 16.5. The van der Waals surface area contributed by atoms with Crippen LogP contribution in [0.25, 0.3) is 16.9 Å². The van der Waals surface area contributed by atoms with Gasteiger partial charge in [-0.3, -0.25) is 4.90 Å². The van der Waals surface area contributed by atoms with Gasteiger partial charge in [-0.15, -0.1) is 5.10 Å². The summed E-state index contributed by atoms with van der Waals surface area (Å²) in [4.78, 5) is 7.01. The molecule has 0 unspecified atom stereocenters. The molecule has 7 nitrogen and oxygen atoms in total. The predicted octanol–water partition coefficient (Wildman–Crippen LogP) is 4.32. The molecule has 0 saturated carbocycles. The number of likely N-dealkylation sites (tertiary alicyclic amines) is 1. The monoisotopic (exact) mass is 415 g/mol. The first-order valence-corrected chi connectivity index (χ1v) is 10.6. The Bertz CT molecular complexity index is 1170. The quantitative estimate of drug-likeness (QED) is 0.468. The summed E-state index contributed by atoms with van der Waals surface area (Å²) in [5.41, 5.74) is 3.35. The van der Waals surface area contributed by atoms with E-state index in [2.05, 4.69) is 20.3 Å². The van der Waals surface area contributed by atoms with E-state index in [1.54, 1.807) is 16.6 Å². The van der Waals surface area contributed by atoms with Crippen LogP contribution in [-0.2, 0) is 0 Å². The Morgan fingerprint density at radius 2 is 1.77 bits per heavy atom. The molecule has 1 aliphatic heterocycles. The minimum atomic E-state index is 0.218. The molecule has 1 saturated heterocycles. The van der Waals surface area contributed by atoms with Crippen molar-refractivity contribution in [1.82, 2.24) is 19.5 Å². The number of aromatic hydroxyl groups is 1. The molecule has 1 fully saturated rings. The lowest BCUT2D eigenvalue weighted by Gasteiger charge is -2.15. The van der Waals surface area contributed by atoms with Crippen LogP contribution in [-0.4, -0.2) is 50.8 Å². The minimum Gasteiger partial charge on any atom is -0.508 e. The number of phenols is 1. The lowest BCUT2D eigenvalue weighted by Crippen LogP contribution is -2.25. The van der Waals surface area contributed by atoms with E-state index < -0.39 is 0 Å². The highest BCUT2D eigenvalue weighted by molar-refractivity contribution is 5.66. The molecular weight excluding hydrogens is 390 g/mol. The molecule has 0 bridgehead atoms. The Labute approximate surface area is 180 Å². The number of nitrogens with zero attached hydrogens (tertiary/aromatic N) is 4. The maximum Gasteiger partial charge on any atom is 0.247 e. The minimum absolute atomic E-state index is 0.218. The molecule has 5 rings (SSSR count). The van der Waals surface area contributed by atoms with Crippen LogP contribution in [0.4, 0.5) is 11.6 Å². The molecule has 3 heterocycles. The average molecular weight is 415 g/mol. The highest BCUT2D eigenvalue weighted by Gasteiger charge is 2.11. The van der Waals surface area contributed by atoms with Gasteiger partial charge < -0.3 is 15.2 Å². The Kier molecular flexibility index (Phi) is 5.41. The van der Waals surface area contributed by atoms with Gasteiger partial charge in [-0.1, -0.05) is 18.2 Å². The summed E-state index contributed by atoms with van der Waals surface area (Å²) >= 11 is 0. The predicted molar refractivity (Wildman–Crippen MR) is 121 cm³/mol. The number of ether oxygens (including phenoxy) is 1. The van der Waals surface area contributed by atoms with Gasteiger partial charge >= 0.3 is 0 Å². The fourth-order valence-electron chi connectivity index (χ4n) is 3.90. The molecule has 2 aromatic heterocycles. The first-order valence-electron chi connectivity index (χ1n) is 10.6. The summed E-state index contributed by atoms with van der Waals surface area (Å²) in [6, 6.07) is 20.8. The van der Waals surface area contributed by atoms with Gasteiger partial charge in [0.15, 0.2) is 5.65 Å². The molecule has 4 aromatic rings. The number of rotatable bonds is 7. The van der Waals surface area contributed by atoms with Gasteiger partial charge in [-0.05, 0) is 74.5 Å². The SMILES string of the molecule is Oc1cccc(-c2cccc3nc(Nc4ccc(OCCN5CCCC5)cc4)nn23)c1. The first-order chi connectivity index (χ1) is 15.2. The van der Waals surface area contributed by atoms with E-state index >= 15 is 0 Å². The zero-order chi connectivity index (χ0) is 21.0. The zero-order valence-corrected chi connectivity index (χ0v) is 17.2. The van der Waals surface area contributed by atoms with Crippen LogP contribution < -0.4 is 10.1 Å². The molecule has 1 aliphatic rings. The standard InChI is InChI=1S/C24H25N5O2/c30-20-6-3-5-18(17-20)22-7-4-8-23-26-24(27-29(22)23)25-19-9-11-21(12-10-19)31-16-15-28-13-1-2-14-28/h3-12,17,30H,1-2,13-16H2,(H,25,27). The van der Waals surface area contributed by atoms with E-state index in [4.69, 9.17) is 4.74 Å². The number of fused-ring (bicyclic) bond motifs is 1. The van der Waals surface area contributed by atoms with Crippen LogP contribution in [0.5, 0.6) is 11.5 Å². The van der Waals surface area contributed by atoms with Gasteiger partial charge in [0.05, 0.1) is 5.69 Å². The van der Waals surface area contributed by atoms with Crippen molar-refractivity contribution >= 4 is 17.3 Å². The highest BCUT2D eigenvalue weighted by Crippen LogP contribution is 2.25. The smallest absolute Gasteiger partial charge is 0.247 e. The van der Waals surface area contributed by atoms with E-state index in [9.17, 15) is 5.11 Å². The molecule has 0 atom stereocenters. The van der Waals surface area contributed by atoms with Crippen LogP contribution in [0.15, 0.2) is 66.7 Å². The number of hydrogen-bond donors (Lipinski definition) is 2. The van der Waals surface area contributed by atoms with Crippen molar-refractivity contribution in [2.75, 3.05) is 31.6 Å². The second kappa shape index (κ2) is 8.65. The van der Waals surface area contributed by atoms with Gasteiger partial charge in [0.1, 0.15) is 18.1 Å². The van der Waals surface area contributed by atoms with Gasteiger partial charge in [0.2, 0.25) is 5.95 Å². The number of pyridine rings is 1. The van der Waals surface area contributed by atoms with E-state index in [-0.39, 0.29) is 5.75 Å². The third kappa shape index (κ3) is 4.46. The maximum atomic E-state index is 9.81. The zero-order valence-electron chi connectivity index (χ0n) is 17.2. The van der Waals surface area contributed by atoms with E-state index in [1.165, 1.54) is 25.9 Å². The molecule has 2 N–H and O–H groups in total. The summed E-state index contributed by atoms with van der Waals surface area (Å²) < 4.78 is 7.64. The summed E-state index contributed by atoms with van der Waals surface area (Å²) in [5.74, 6) is 1.59. The normalized spacial score (nSPS) is 14.2. The van der Waals surface area contributed by atoms with Crippen LogP contribution in [0, 0.1) is 0 Å². The van der Waals surface area contributed by atoms with Crippen LogP contribution in [0.1, 0.15) is 12.8 Å². The van der Waals surface area contributed by atoms with Crippen molar-refractivity contribution in [1.29, 1.82) is 0 Å². The first kappa shape index (κ1) is 19.4. The molecule has 0 spiro atoms. The van der Waals surface area contributed by atoms with Crippen molar-refractivity contribution < 1.29 is 9.84 Å². The van der Waals surface area contributed by atoms with Crippen molar-refractivity contribution in [3.63, 3.8) is 0 Å². The number of hydrogen-bond acceptors (Lipinski definition) is 6. The van der Waals surface area contributed by atoms with E-state index in [1.807, 2.05) is 54.6 Å². The van der Waals surface area contributed by atoms with Crippen LogP contribution in [0.3, 0.4) is 0 Å². The number of benzene rings is 2. The molecule has 0 radical (unpaired) electrons. The van der Waals surface area contributed by atoms with E-state index in [0.717, 1.165) is 34.9 Å². The summed E-state index contributed by atoms with van der Waals surface area (Å²) in [5, 5.41) is 17.7. The molecule has 7 heteroatoms. The number of anilines is 2. The molecule has 31 heavy (non-hydrogen) atoms. The number of phenolic OH excluding ortho intramolecular Hbond substituents is 1. The van der Waals surface area contributed by atoms with Crippen molar-refractivity contribution in [3.8, 4) is 22.8 Å². The topological polar surface area (TPSA) is 74.9 Å². The molecular formula is C24H25N5O2. The van der Waals surface area contributed by atoms with Crippen LogP contribution in [0.2, 0.25) is 0 Å². The van der Waals surface area contributed by atoms with Crippen molar-refractivity contribution in [2.45, 2.75) is 12.8 Å². The lowest BCUT2D eigenvalue weighted by molar-refractivity contribution is 0.238. The van der Waals surface area contributed by atoms with Crippen LogP contribution >= 0.6 is 0 Å². The van der Waals surface area contributed by atoms with Gasteiger partial charge in [0.25, 0.3) is 0 Å². The molecule has 2 aromatic carbocycles. The average Bonchev–Trinajstić information content (AvgIpc) is 3.44. The Hall–Kier alpha value is -3.58. The van der Waals surface area contributed by atoms with Gasteiger partial charge in [-0.2, -0.15) is 4.98 Å². The Morgan fingerprint density at radius 1 is 0.968 bits per heavy atom. The molecule has 0 amide bonds. The second-order valence-corrected chi connectivity index (χ2v) is 7.71. The molecule has 0 aliphatic carbocycles. The summed E-state index contributed by atoms with van der Waals surface area (Å²) in [6.07, 6.45) is 2.60. The van der Waals surface area contributed by atoms with Crippen molar-refractivity contribution in [2.24, 2.45) is 0 Å². The fourth-order valence-corrected chi connectivity index (χ4v) is 3.90. The van der Waals surface area contributed by atoms with E-state index in [0.29, 0.717) is 12.6 Å². The second-order valence-electron chi connectivity index (χ2n) is 7.71. The summed E-state index contributed by atoms with van der Waals surface area (Å²) in [7, 11) is 0. The maximum absolute atomic E-state index is 9.81. The van der Waals surface area contributed by atoms with Gasteiger partial charge in [0, 0.05) is 17.8 Å². The Morgan fingerprint density at radius 3 is 2.58 bits per heavy atom. The third-order valence-electron chi connectivity index (χ3n) is 5.49.